The fourth-order valence-electron chi connectivity index (χ4n) is 2.65. The summed E-state index contributed by atoms with van der Waals surface area (Å²) in [5, 5.41) is 0. The number of halogens is 3. The summed E-state index contributed by atoms with van der Waals surface area (Å²) in [5.74, 6) is 4.33. The third-order valence-corrected chi connectivity index (χ3v) is 4.06. The normalized spacial score (nSPS) is 11.2. The van der Waals surface area contributed by atoms with E-state index in [2.05, 4.69) is 21.6 Å². The Morgan fingerprint density at radius 1 is 1.23 bits per heavy atom. The number of carbonyl (C=O) groups excluding carboxylic acids is 1. The maximum absolute atomic E-state index is 13.2. The molecule has 0 radical (unpaired) electrons. The van der Waals surface area contributed by atoms with Gasteiger partial charge in [-0.3, -0.25) is 9.36 Å². The number of aromatic nitrogens is 2. The van der Waals surface area contributed by atoms with Crippen molar-refractivity contribution in [2.45, 2.75) is 33.2 Å². The molecule has 1 heterocycles. The molecule has 0 spiro atoms. The zero-order valence-corrected chi connectivity index (χ0v) is 17.4. The Morgan fingerprint density at radius 3 is 2.42 bits per heavy atom. The number of ether oxygens (including phenoxy) is 3. The van der Waals surface area contributed by atoms with E-state index in [1.165, 1.54) is 13.0 Å². The van der Waals surface area contributed by atoms with E-state index < -0.39 is 35.3 Å². The number of esters is 1. The number of hydrogen-bond donors (Lipinski definition) is 0. The summed E-state index contributed by atoms with van der Waals surface area (Å²) in [6.07, 6.45) is -5.50. The van der Waals surface area contributed by atoms with Crippen LogP contribution in [0.5, 0.6) is 0 Å². The molecule has 166 valence electrons. The molecule has 0 N–H and O–H groups in total. The Hall–Kier alpha value is -3.16. The van der Waals surface area contributed by atoms with Gasteiger partial charge in [-0.2, -0.15) is 13.2 Å². The van der Waals surface area contributed by atoms with E-state index in [0.717, 1.165) is 29.9 Å². The first kappa shape index (κ1) is 24.1. The first-order valence-corrected chi connectivity index (χ1v) is 9.28. The van der Waals surface area contributed by atoms with E-state index in [1.807, 2.05) is 0 Å². The number of nitrogens with zero attached hydrogens (tertiary/aromatic N) is 2. The molecule has 31 heavy (non-hydrogen) atoms. The Labute approximate surface area is 176 Å². The maximum Gasteiger partial charge on any atom is 0.416 e. The van der Waals surface area contributed by atoms with Gasteiger partial charge in [-0.15, -0.1) is 0 Å². The lowest BCUT2D eigenvalue weighted by atomic mass is 10.1. The minimum absolute atomic E-state index is 0.0122. The molecule has 7 nitrogen and oxygen atoms in total. The van der Waals surface area contributed by atoms with Gasteiger partial charge in [-0.1, -0.05) is 6.07 Å². The Morgan fingerprint density at radius 2 is 1.87 bits per heavy atom. The topological polar surface area (TPSA) is 79.7 Å². The van der Waals surface area contributed by atoms with Crippen LogP contribution in [-0.4, -0.2) is 42.1 Å². The Bertz CT molecular complexity index is 1060. The highest BCUT2D eigenvalue weighted by Gasteiger charge is 2.31. The quantitative estimate of drug-likeness (QED) is 0.392. The summed E-state index contributed by atoms with van der Waals surface area (Å²) in [4.78, 5) is 28.9. The van der Waals surface area contributed by atoms with Crippen LogP contribution in [-0.2, 0) is 20.4 Å². The Balaban J connectivity index is 2.74. The molecule has 0 aliphatic carbocycles. The highest BCUT2D eigenvalue weighted by Crippen LogP contribution is 2.30. The second-order valence-electron chi connectivity index (χ2n) is 6.09. The van der Waals surface area contributed by atoms with Gasteiger partial charge < -0.3 is 14.2 Å². The summed E-state index contributed by atoms with van der Waals surface area (Å²) >= 11 is 0. The van der Waals surface area contributed by atoms with E-state index >= 15 is 0 Å². The first-order chi connectivity index (χ1) is 14.6. The minimum atomic E-state index is -4.61. The van der Waals surface area contributed by atoms with Gasteiger partial charge in [0.2, 0.25) is 12.0 Å². The minimum Gasteiger partial charge on any atom is -0.464 e. The molecular weight excluding hydrogens is 417 g/mol. The van der Waals surface area contributed by atoms with Crippen LogP contribution in [0.15, 0.2) is 29.1 Å². The van der Waals surface area contributed by atoms with E-state index in [9.17, 15) is 22.8 Å². The van der Waals surface area contributed by atoms with Crippen molar-refractivity contribution in [3.63, 3.8) is 0 Å². The van der Waals surface area contributed by atoms with Crippen molar-refractivity contribution in [3.05, 3.63) is 57.3 Å². The first-order valence-electron chi connectivity index (χ1n) is 9.28. The lowest BCUT2D eigenvalue weighted by Gasteiger charge is -2.15. The van der Waals surface area contributed by atoms with E-state index in [0.29, 0.717) is 13.2 Å². The molecule has 0 unspecified atom stereocenters. The van der Waals surface area contributed by atoms with E-state index in [1.54, 1.807) is 13.8 Å². The number of hydrogen-bond acceptors (Lipinski definition) is 6. The highest BCUT2D eigenvalue weighted by atomic mass is 19.4. The second kappa shape index (κ2) is 10.2. The van der Waals surface area contributed by atoms with Crippen molar-refractivity contribution in [1.29, 1.82) is 0 Å². The van der Waals surface area contributed by atoms with Crippen molar-refractivity contribution >= 4 is 5.97 Å². The highest BCUT2D eigenvalue weighted by molar-refractivity contribution is 5.87. The molecule has 0 aliphatic rings. The summed E-state index contributed by atoms with van der Waals surface area (Å²) in [5.41, 5.74) is -2.47. The van der Waals surface area contributed by atoms with Crippen LogP contribution in [0.4, 0.5) is 13.2 Å². The molecule has 0 saturated heterocycles. The molecule has 0 aliphatic heterocycles. The van der Waals surface area contributed by atoms with E-state index in [-0.39, 0.29) is 17.1 Å². The predicted octanol–water partition coefficient (Wildman–Crippen LogP) is 3.10. The summed E-state index contributed by atoms with van der Waals surface area (Å²) in [6, 6.07) is 4.15. The average molecular weight is 438 g/mol. The van der Waals surface area contributed by atoms with Gasteiger partial charge in [0.15, 0.2) is 0 Å². The van der Waals surface area contributed by atoms with Crippen molar-refractivity contribution in [1.82, 2.24) is 9.55 Å². The molecule has 1 aromatic heterocycles. The van der Waals surface area contributed by atoms with Crippen LogP contribution >= 0.6 is 0 Å². The molecule has 0 saturated carbocycles. The van der Waals surface area contributed by atoms with Crippen molar-refractivity contribution in [2.24, 2.45) is 0 Å². The van der Waals surface area contributed by atoms with Crippen LogP contribution in [0.2, 0.25) is 0 Å². The molecule has 0 atom stereocenters. The maximum atomic E-state index is 13.2. The average Bonchev–Trinajstić information content (AvgIpc) is 2.72. The van der Waals surface area contributed by atoms with E-state index in [4.69, 9.17) is 9.47 Å². The van der Waals surface area contributed by atoms with Crippen molar-refractivity contribution in [2.75, 3.05) is 20.3 Å². The summed E-state index contributed by atoms with van der Waals surface area (Å²) in [6.45, 7) is 5.60. The number of alkyl halides is 3. The zero-order valence-electron chi connectivity index (χ0n) is 17.4. The molecule has 10 heteroatoms. The van der Waals surface area contributed by atoms with Crippen molar-refractivity contribution < 1.29 is 32.2 Å². The van der Waals surface area contributed by atoms with Gasteiger partial charge in [0.1, 0.15) is 5.69 Å². The van der Waals surface area contributed by atoms with Gasteiger partial charge in [0.05, 0.1) is 18.4 Å². The van der Waals surface area contributed by atoms with Crippen LogP contribution in [0.3, 0.4) is 0 Å². The fraction of sp³-hybridized carbons (Fsp3) is 0.381. The Kier molecular flexibility index (Phi) is 7.96. The molecular formula is C21H21F3N2O5. The number of benzene rings is 1. The van der Waals surface area contributed by atoms with Gasteiger partial charge in [0.25, 0.3) is 5.56 Å². The monoisotopic (exact) mass is 438 g/mol. The number of methoxy groups -OCH3 is 1. The standard InChI is InChI=1S/C21H21F3N2O5/c1-5-30-17(31-6-2)11-10-16-13(3)26(19(27)18(25-16)20(28)29-4)15-9-7-8-14(12-15)21(22,23)24/h7-9,12,17H,5-6H2,1-4H3. The summed E-state index contributed by atoms with van der Waals surface area (Å²) in [7, 11) is 1.06. The van der Waals surface area contributed by atoms with Crippen LogP contribution < -0.4 is 5.56 Å². The lowest BCUT2D eigenvalue weighted by molar-refractivity contribution is -0.137. The zero-order chi connectivity index (χ0) is 23.2. The largest absolute Gasteiger partial charge is 0.464 e. The van der Waals surface area contributed by atoms with Gasteiger partial charge in [0, 0.05) is 18.9 Å². The lowest BCUT2D eigenvalue weighted by Crippen LogP contribution is -2.30. The molecule has 0 fully saturated rings. The van der Waals surface area contributed by atoms with Gasteiger partial charge in [-0.05, 0) is 50.8 Å². The molecule has 0 bridgehead atoms. The van der Waals surface area contributed by atoms with Crippen LogP contribution in [0, 0.1) is 18.8 Å². The van der Waals surface area contributed by atoms with Crippen molar-refractivity contribution in [3.8, 4) is 17.5 Å². The third-order valence-electron chi connectivity index (χ3n) is 4.06. The van der Waals surface area contributed by atoms with Crippen LogP contribution in [0.1, 0.15) is 41.3 Å². The second-order valence-corrected chi connectivity index (χ2v) is 6.09. The van der Waals surface area contributed by atoms with Gasteiger partial charge >= 0.3 is 12.1 Å². The predicted molar refractivity (Wildman–Crippen MR) is 105 cm³/mol. The third kappa shape index (κ3) is 5.71. The fourth-order valence-corrected chi connectivity index (χ4v) is 2.65. The molecule has 0 amide bonds. The number of rotatable bonds is 6. The molecule has 2 aromatic rings. The van der Waals surface area contributed by atoms with Crippen LogP contribution in [0.25, 0.3) is 5.69 Å². The molecule has 1 aromatic carbocycles. The van der Waals surface area contributed by atoms with Gasteiger partial charge in [-0.25, -0.2) is 9.78 Å². The number of carbonyl (C=O) groups is 1. The summed E-state index contributed by atoms with van der Waals surface area (Å²) < 4.78 is 55.7. The molecule has 2 rings (SSSR count). The SMILES string of the molecule is CCOC(C#Cc1nc(C(=O)OC)c(=O)n(-c2cccc(C(F)(F)F)c2)c1C)OCC. The smallest absolute Gasteiger partial charge is 0.416 e.